The molecule has 7 heteroatoms. The van der Waals surface area contributed by atoms with Crippen LogP contribution in [-0.4, -0.2) is 51.8 Å². The third-order valence-corrected chi connectivity index (χ3v) is 4.68. The second-order valence-electron chi connectivity index (χ2n) is 5.77. The van der Waals surface area contributed by atoms with Gasteiger partial charge in [0.2, 0.25) is 10.0 Å². The van der Waals surface area contributed by atoms with E-state index in [1.165, 1.54) is 6.26 Å². The standard InChI is InChI=1S/C13H24N2O4S/c1-20(17,18)15-12-3-2-8-14-13(12)9-19-11-6-4-10(16)5-7-11/h11-15H,2-9H2,1H3. The highest BCUT2D eigenvalue weighted by molar-refractivity contribution is 7.88. The molecule has 2 fully saturated rings. The molecule has 2 rings (SSSR count). The maximum atomic E-state index is 11.4. The molecule has 116 valence electrons. The van der Waals surface area contributed by atoms with Crippen molar-refractivity contribution >= 4 is 15.8 Å². The van der Waals surface area contributed by atoms with Gasteiger partial charge in [-0.1, -0.05) is 0 Å². The number of rotatable bonds is 5. The number of piperidine rings is 1. The Hall–Kier alpha value is -0.500. The normalized spacial score (nSPS) is 29.6. The summed E-state index contributed by atoms with van der Waals surface area (Å²) in [6, 6.07) is -0.0972. The molecule has 2 atom stereocenters. The molecule has 2 aliphatic rings. The monoisotopic (exact) mass is 304 g/mol. The average Bonchev–Trinajstić information content (AvgIpc) is 2.38. The van der Waals surface area contributed by atoms with Crippen LogP contribution >= 0.6 is 0 Å². The Labute approximate surface area is 120 Å². The molecule has 20 heavy (non-hydrogen) atoms. The molecular formula is C13H24N2O4S. The van der Waals surface area contributed by atoms with Crippen LogP contribution in [-0.2, 0) is 19.6 Å². The van der Waals surface area contributed by atoms with Crippen LogP contribution in [0.2, 0.25) is 0 Å². The first-order chi connectivity index (χ1) is 9.44. The van der Waals surface area contributed by atoms with Gasteiger partial charge in [0.1, 0.15) is 5.78 Å². The minimum absolute atomic E-state index is 0.0103. The van der Waals surface area contributed by atoms with Gasteiger partial charge < -0.3 is 10.1 Å². The number of hydrogen-bond donors (Lipinski definition) is 2. The zero-order valence-corrected chi connectivity index (χ0v) is 12.7. The van der Waals surface area contributed by atoms with Crippen LogP contribution in [0.1, 0.15) is 38.5 Å². The van der Waals surface area contributed by atoms with Crippen molar-refractivity contribution in [3.63, 3.8) is 0 Å². The smallest absolute Gasteiger partial charge is 0.209 e. The van der Waals surface area contributed by atoms with Gasteiger partial charge in [-0.25, -0.2) is 13.1 Å². The molecule has 2 unspecified atom stereocenters. The highest BCUT2D eigenvalue weighted by Gasteiger charge is 2.28. The maximum Gasteiger partial charge on any atom is 0.209 e. The number of carbonyl (C=O) groups is 1. The minimum atomic E-state index is -3.20. The molecule has 6 nitrogen and oxygen atoms in total. The van der Waals surface area contributed by atoms with E-state index in [4.69, 9.17) is 4.74 Å². The van der Waals surface area contributed by atoms with Crippen molar-refractivity contribution in [2.24, 2.45) is 0 Å². The molecule has 1 aliphatic carbocycles. The van der Waals surface area contributed by atoms with E-state index >= 15 is 0 Å². The zero-order valence-electron chi connectivity index (χ0n) is 11.9. The van der Waals surface area contributed by atoms with E-state index in [9.17, 15) is 13.2 Å². The average molecular weight is 304 g/mol. The molecule has 1 heterocycles. The highest BCUT2D eigenvalue weighted by atomic mass is 32.2. The summed E-state index contributed by atoms with van der Waals surface area (Å²) in [7, 11) is -3.20. The van der Waals surface area contributed by atoms with Gasteiger partial charge in [-0.15, -0.1) is 0 Å². The maximum absolute atomic E-state index is 11.4. The van der Waals surface area contributed by atoms with E-state index in [2.05, 4.69) is 10.0 Å². The van der Waals surface area contributed by atoms with Gasteiger partial charge in [-0.2, -0.15) is 0 Å². The minimum Gasteiger partial charge on any atom is -0.377 e. The molecule has 1 saturated carbocycles. The van der Waals surface area contributed by atoms with Crippen molar-refractivity contribution in [2.75, 3.05) is 19.4 Å². The molecule has 2 N–H and O–H groups in total. The number of sulfonamides is 1. The van der Waals surface area contributed by atoms with E-state index in [-0.39, 0.29) is 18.2 Å². The second-order valence-corrected chi connectivity index (χ2v) is 7.55. The molecule has 0 aromatic heterocycles. The topological polar surface area (TPSA) is 84.5 Å². The van der Waals surface area contributed by atoms with Crippen LogP contribution in [0.15, 0.2) is 0 Å². The SMILES string of the molecule is CS(=O)(=O)NC1CCCNC1COC1CCC(=O)CC1. The van der Waals surface area contributed by atoms with Gasteiger partial charge in [-0.3, -0.25) is 4.79 Å². The number of hydrogen-bond acceptors (Lipinski definition) is 5. The van der Waals surface area contributed by atoms with E-state index in [0.29, 0.717) is 25.2 Å². The van der Waals surface area contributed by atoms with Crippen molar-refractivity contribution < 1.29 is 17.9 Å². The molecule has 0 amide bonds. The van der Waals surface area contributed by atoms with Crippen LogP contribution < -0.4 is 10.0 Å². The Morgan fingerprint density at radius 3 is 2.65 bits per heavy atom. The van der Waals surface area contributed by atoms with E-state index in [1.54, 1.807) is 0 Å². The number of carbonyl (C=O) groups excluding carboxylic acids is 1. The van der Waals surface area contributed by atoms with Crippen molar-refractivity contribution in [3.05, 3.63) is 0 Å². The number of Topliss-reactive ketones (excluding diaryl/α,β-unsaturated/α-hetero) is 1. The first-order valence-corrected chi connectivity index (χ1v) is 9.17. The summed E-state index contributed by atoms with van der Waals surface area (Å²) in [5.74, 6) is 0.317. The quantitative estimate of drug-likeness (QED) is 0.757. The van der Waals surface area contributed by atoms with Gasteiger partial charge in [-0.05, 0) is 32.2 Å². The molecule has 0 radical (unpaired) electrons. The summed E-state index contributed by atoms with van der Waals surface area (Å²) in [5, 5.41) is 3.32. The number of nitrogens with one attached hydrogen (secondary N) is 2. The van der Waals surface area contributed by atoms with Crippen molar-refractivity contribution in [2.45, 2.75) is 56.7 Å². The fourth-order valence-corrected chi connectivity index (χ4v) is 3.70. The van der Waals surface area contributed by atoms with E-state index in [0.717, 1.165) is 32.2 Å². The van der Waals surface area contributed by atoms with Crippen LogP contribution in [0.5, 0.6) is 0 Å². The largest absolute Gasteiger partial charge is 0.377 e. The lowest BCUT2D eigenvalue weighted by Gasteiger charge is -2.34. The lowest BCUT2D eigenvalue weighted by Crippen LogP contribution is -2.55. The Morgan fingerprint density at radius 1 is 1.30 bits per heavy atom. The van der Waals surface area contributed by atoms with Gasteiger partial charge in [0.15, 0.2) is 0 Å². The van der Waals surface area contributed by atoms with Crippen molar-refractivity contribution in [3.8, 4) is 0 Å². The third-order valence-electron chi connectivity index (χ3n) is 3.95. The van der Waals surface area contributed by atoms with Gasteiger partial charge in [0, 0.05) is 24.9 Å². The second kappa shape index (κ2) is 6.98. The highest BCUT2D eigenvalue weighted by Crippen LogP contribution is 2.19. The molecule has 0 aromatic carbocycles. The Morgan fingerprint density at radius 2 is 2.00 bits per heavy atom. The lowest BCUT2D eigenvalue weighted by atomic mass is 9.96. The summed E-state index contributed by atoms with van der Waals surface area (Å²) in [6.07, 6.45) is 5.90. The van der Waals surface area contributed by atoms with Crippen molar-refractivity contribution in [1.29, 1.82) is 0 Å². The molecule has 0 aromatic rings. The number of ether oxygens (including phenoxy) is 1. The summed E-state index contributed by atoms with van der Waals surface area (Å²) in [6.45, 7) is 1.38. The van der Waals surface area contributed by atoms with Crippen LogP contribution in [0.3, 0.4) is 0 Å². The first kappa shape index (κ1) is 15.9. The Balaban J connectivity index is 1.81. The molecule has 0 spiro atoms. The van der Waals surface area contributed by atoms with Crippen molar-refractivity contribution in [1.82, 2.24) is 10.0 Å². The summed E-state index contributed by atoms with van der Waals surface area (Å²) >= 11 is 0. The van der Waals surface area contributed by atoms with E-state index < -0.39 is 10.0 Å². The zero-order chi connectivity index (χ0) is 14.6. The van der Waals surface area contributed by atoms with Crippen LogP contribution in [0, 0.1) is 0 Å². The molecule has 0 bridgehead atoms. The summed E-state index contributed by atoms with van der Waals surface area (Å²) < 4.78 is 31.3. The van der Waals surface area contributed by atoms with Gasteiger partial charge in [0.25, 0.3) is 0 Å². The fourth-order valence-electron chi connectivity index (χ4n) is 2.86. The first-order valence-electron chi connectivity index (χ1n) is 7.28. The summed E-state index contributed by atoms with van der Waals surface area (Å²) in [5.41, 5.74) is 0. The number of ketones is 1. The van der Waals surface area contributed by atoms with Gasteiger partial charge in [0.05, 0.1) is 19.0 Å². The predicted molar refractivity (Wildman–Crippen MR) is 76.0 cm³/mol. The Bertz CT molecular complexity index is 428. The third kappa shape index (κ3) is 5.12. The molecule has 1 aliphatic heterocycles. The lowest BCUT2D eigenvalue weighted by molar-refractivity contribution is -0.123. The molecular weight excluding hydrogens is 280 g/mol. The van der Waals surface area contributed by atoms with Gasteiger partial charge >= 0.3 is 0 Å². The fraction of sp³-hybridized carbons (Fsp3) is 0.923. The van der Waals surface area contributed by atoms with E-state index in [1.807, 2.05) is 0 Å². The Kier molecular flexibility index (Phi) is 5.54. The predicted octanol–water partition coefficient (Wildman–Crippen LogP) is 0.185. The van der Waals surface area contributed by atoms with Crippen LogP contribution in [0.25, 0.3) is 0 Å². The molecule has 1 saturated heterocycles. The van der Waals surface area contributed by atoms with Crippen LogP contribution in [0.4, 0.5) is 0 Å². The summed E-state index contributed by atoms with van der Waals surface area (Å²) in [4.78, 5) is 11.2.